The van der Waals surface area contributed by atoms with Gasteiger partial charge in [-0.2, -0.15) is 0 Å². The summed E-state index contributed by atoms with van der Waals surface area (Å²) in [5, 5.41) is 7.49. The molecule has 0 spiro atoms. The zero-order valence-corrected chi connectivity index (χ0v) is 14.2. The van der Waals surface area contributed by atoms with Crippen LogP contribution < -0.4 is 10.6 Å². The molecule has 0 atom stereocenters. The maximum Gasteiger partial charge on any atom is 0.171 e. The highest BCUT2D eigenvalue weighted by molar-refractivity contribution is 7.80. The van der Waals surface area contributed by atoms with Crippen LogP contribution >= 0.6 is 23.8 Å². The van der Waals surface area contributed by atoms with E-state index in [1.165, 1.54) is 6.07 Å². The number of hydrogen-bond acceptors (Lipinski definition) is 1. The third-order valence-corrected chi connectivity index (χ3v) is 4.86. The van der Waals surface area contributed by atoms with E-state index < -0.39 is 0 Å². The lowest BCUT2D eigenvalue weighted by atomic mass is 9.88. The lowest BCUT2D eigenvalue weighted by Crippen LogP contribution is -2.46. The zero-order valence-electron chi connectivity index (χ0n) is 12.6. The minimum atomic E-state index is -0.324. The summed E-state index contributed by atoms with van der Waals surface area (Å²) < 4.78 is 13.8. The van der Waals surface area contributed by atoms with Crippen LogP contribution in [0.1, 0.15) is 31.2 Å². The molecule has 2 aromatic rings. The molecule has 2 nitrogen and oxygen atoms in total. The third-order valence-electron chi connectivity index (χ3n) is 4.32. The van der Waals surface area contributed by atoms with E-state index in [4.69, 9.17) is 23.8 Å². The van der Waals surface area contributed by atoms with E-state index in [1.54, 1.807) is 18.2 Å². The first-order chi connectivity index (χ1) is 11.1. The van der Waals surface area contributed by atoms with Crippen molar-refractivity contribution in [2.75, 3.05) is 5.32 Å². The van der Waals surface area contributed by atoms with Gasteiger partial charge in [0.2, 0.25) is 0 Å². The Morgan fingerprint density at radius 2 is 1.70 bits per heavy atom. The van der Waals surface area contributed by atoms with E-state index in [0.717, 1.165) is 36.3 Å². The van der Waals surface area contributed by atoms with Crippen LogP contribution in [-0.2, 0) is 5.54 Å². The van der Waals surface area contributed by atoms with E-state index in [0.29, 0.717) is 10.8 Å². The Morgan fingerprint density at radius 3 is 2.39 bits per heavy atom. The summed E-state index contributed by atoms with van der Waals surface area (Å²) in [5.41, 5.74) is 1.14. The zero-order chi connectivity index (χ0) is 16.3. The van der Waals surface area contributed by atoms with Crippen molar-refractivity contribution in [1.82, 2.24) is 5.32 Å². The molecule has 0 bridgehead atoms. The van der Waals surface area contributed by atoms with Gasteiger partial charge in [0.1, 0.15) is 5.82 Å². The summed E-state index contributed by atoms with van der Waals surface area (Å²) in [6.45, 7) is 0. The molecule has 0 radical (unpaired) electrons. The summed E-state index contributed by atoms with van der Waals surface area (Å²) in [7, 11) is 0. The fourth-order valence-corrected chi connectivity index (χ4v) is 3.84. The molecule has 1 saturated carbocycles. The first-order valence-corrected chi connectivity index (χ1v) is 8.48. The van der Waals surface area contributed by atoms with E-state index in [9.17, 15) is 4.39 Å². The number of benzene rings is 2. The first-order valence-electron chi connectivity index (χ1n) is 7.69. The molecule has 23 heavy (non-hydrogen) atoms. The van der Waals surface area contributed by atoms with Crippen LogP contribution in [0.25, 0.3) is 0 Å². The van der Waals surface area contributed by atoms with Crippen molar-refractivity contribution in [2.45, 2.75) is 31.2 Å². The summed E-state index contributed by atoms with van der Waals surface area (Å²) in [6, 6.07) is 14.3. The second kappa shape index (κ2) is 6.85. The standard InChI is InChI=1S/C18H18ClFN2S/c19-14-8-2-1-7-13(14)18(11-5-6-12-18)22-17(23)21-16-10-4-3-9-15(16)20/h1-4,7-10H,5-6,11-12H2,(H2,21,22,23). The number of para-hydroxylation sites is 1. The number of anilines is 1. The van der Waals surface area contributed by atoms with Crippen LogP contribution in [0, 0.1) is 5.82 Å². The Bertz CT molecular complexity index is 714. The molecular formula is C18H18ClFN2S. The lowest BCUT2D eigenvalue weighted by molar-refractivity contribution is 0.408. The Kier molecular flexibility index (Phi) is 4.83. The van der Waals surface area contributed by atoms with Gasteiger partial charge >= 0.3 is 0 Å². The lowest BCUT2D eigenvalue weighted by Gasteiger charge is -2.33. The molecule has 0 aromatic heterocycles. The summed E-state index contributed by atoms with van der Waals surface area (Å²) >= 11 is 11.8. The van der Waals surface area contributed by atoms with Crippen LogP contribution in [0.2, 0.25) is 5.02 Å². The number of hydrogen-bond donors (Lipinski definition) is 2. The topological polar surface area (TPSA) is 24.1 Å². The molecular weight excluding hydrogens is 331 g/mol. The van der Waals surface area contributed by atoms with Crippen molar-refractivity contribution in [3.05, 3.63) is 64.9 Å². The molecule has 0 unspecified atom stereocenters. The van der Waals surface area contributed by atoms with Gasteiger partial charge in [-0.05, 0) is 48.8 Å². The smallest absolute Gasteiger partial charge is 0.171 e. The highest BCUT2D eigenvalue weighted by Crippen LogP contribution is 2.41. The van der Waals surface area contributed by atoms with Crippen molar-refractivity contribution in [2.24, 2.45) is 0 Å². The maximum atomic E-state index is 13.8. The maximum absolute atomic E-state index is 13.8. The van der Waals surface area contributed by atoms with Gasteiger partial charge in [0, 0.05) is 5.02 Å². The molecule has 0 aliphatic heterocycles. The van der Waals surface area contributed by atoms with Crippen molar-refractivity contribution >= 4 is 34.6 Å². The predicted molar refractivity (Wildman–Crippen MR) is 97.4 cm³/mol. The van der Waals surface area contributed by atoms with Crippen LogP contribution in [0.5, 0.6) is 0 Å². The Labute approximate surface area is 146 Å². The quantitative estimate of drug-likeness (QED) is 0.742. The molecule has 0 saturated heterocycles. The van der Waals surface area contributed by atoms with Crippen LogP contribution in [-0.4, -0.2) is 5.11 Å². The molecule has 1 fully saturated rings. The highest BCUT2D eigenvalue weighted by Gasteiger charge is 2.37. The average Bonchev–Trinajstić information content (AvgIpc) is 2.99. The molecule has 2 aromatic carbocycles. The molecule has 1 aliphatic rings. The number of halogens is 2. The minimum absolute atomic E-state index is 0.284. The van der Waals surface area contributed by atoms with Gasteiger partial charge in [0.25, 0.3) is 0 Å². The van der Waals surface area contributed by atoms with Crippen LogP contribution in [0.4, 0.5) is 10.1 Å². The Hall–Kier alpha value is -1.65. The predicted octanol–water partition coefficient (Wildman–Crippen LogP) is 5.24. The van der Waals surface area contributed by atoms with Gasteiger partial charge < -0.3 is 10.6 Å². The molecule has 0 amide bonds. The third kappa shape index (κ3) is 3.48. The van der Waals surface area contributed by atoms with E-state index >= 15 is 0 Å². The summed E-state index contributed by atoms with van der Waals surface area (Å²) in [4.78, 5) is 0. The number of nitrogens with one attached hydrogen (secondary N) is 2. The number of rotatable bonds is 3. The van der Waals surface area contributed by atoms with Crippen LogP contribution in [0.3, 0.4) is 0 Å². The van der Waals surface area contributed by atoms with Crippen molar-refractivity contribution < 1.29 is 4.39 Å². The fourth-order valence-electron chi connectivity index (χ4n) is 3.22. The fraction of sp³-hybridized carbons (Fsp3) is 0.278. The van der Waals surface area contributed by atoms with Gasteiger partial charge in [-0.25, -0.2) is 4.39 Å². The molecule has 3 rings (SSSR count). The second-order valence-corrected chi connectivity index (χ2v) is 6.64. The van der Waals surface area contributed by atoms with Gasteiger partial charge in [-0.3, -0.25) is 0 Å². The Morgan fingerprint density at radius 1 is 1.04 bits per heavy atom. The minimum Gasteiger partial charge on any atom is -0.353 e. The summed E-state index contributed by atoms with van der Waals surface area (Å²) in [6.07, 6.45) is 4.13. The van der Waals surface area contributed by atoms with Gasteiger partial charge in [0.05, 0.1) is 11.2 Å². The van der Waals surface area contributed by atoms with E-state index in [-0.39, 0.29) is 11.4 Å². The monoisotopic (exact) mass is 348 g/mol. The first kappa shape index (κ1) is 16.2. The Balaban J connectivity index is 1.82. The molecule has 2 N–H and O–H groups in total. The summed E-state index contributed by atoms with van der Waals surface area (Å²) in [5.74, 6) is -0.324. The van der Waals surface area contributed by atoms with Crippen LogP contribution in [0.15, 0.2) is 48.5 Å². The molecule has 0 heterocycles. The SMILES string of the molecule is Fc1ccccc1NC(=S)NC1(c2ccccc2Cl)CCCC1. The molecule has 120 valence electrons. The highest BCUT2D eigenvalue weighted by atomic mass is 35.5. The van der Waals surface area contributed by atoms with Crippen molar-refractivity contribution in [3.8, 4) is 0 Å². The van der Waals surface area contributed by atoms with Gasteiger partial charge in [0.15, 0.2) is 5.11 Å². The largest absolute Gasteiger partial charge is 0.353 e. The van der Waals surface area contributed by atoms with E-state index in [1.807, 2.05) is 24.3 Å². The second-order valence-electron chi connectivity index (χ2n) is 5.83. The van der Waals surface area contributed by atoms with E-state index in [2.05, 4.69) is 10.6 Å². The van der Waals surface area contributed by atoms with Gasteiger partial charge in [-0.15, -0.1) is 0 Å². The normalized spacial score (nSPS) is 16.1. The van der Waals surface area contributed by atoms with Crippen molar-refractivity contribution in [3.63, 3.8) is 0 Å². The number of thiocarbonyl (C=S) groups is 1. The average molecular weight is 349 g/mol. The molecule has 5 heteroatoms. The molecule has 1 aliphatic carbocycles. The van der Waals surface area contributed by atoms with Gasteiger partial charge in [-0.1, -0.05) is 54.8 Å². The van der Waals surface area contributed by atoms with Crippen molar-refractivity contribution in [1.29, 1.82) is 0 Å².